The zero-order valence-corrected chi connectivity index (χ0v) is 12.1. The van der Waals surface area contributed by atoms with E-state index in [1.165, 1.54) is 16.8 Å². The Balaban J connectivity index is 2.17. The van der Waals surface area contributed by atoms with Crippen molar-refractivity contribution in [1.29, 1.82) is 0 Å². The van der Waals surface area contributed by atoms with E-state index in [-0.39, 0.29) is 24.8 Å². The van der Waals surface area contributed by atoms with Gasteiger partial charge in [-0.15, -0.1) is 0 Å². The Morgan fingerprint density at radius 1 is 1.57 bits per heavy atom. The molecule has 2 heterocycles. The van der Waals surface area contributed by atoms with E-state index in [0.29, 0.717) is 6.54 Å². The average Bonchev–Trinajstić information content (AvgIpc) is 2.83. The third kappa shape index (κ3) is 3.79. The molecule has 118 valence electrons. The number of hydrogen-bond acceptors (Lipinski definition) is 3. The Kier molecular flexibility index (Phi) is 4.63. The predicted molar refractivity (Wildman–Crippen MR) is 72.4 cm³/mol. The summed E-state index contributed by atoms with van der Waals surface area (Å²) in [4.78, 5) is 14.1. The normalized spacial score (nSPS) is 21.8. The van der Waals surface area contributed by atoms with Crippen LogP contribution in [0, 0.1) is 0 Å². The van der Waals surface area contributed by atoms with Crippen molar-refractivity contribution >= 4 is 5.91 Å². The second-order valence-corrected chi connectivity index (χ2v) is 5.80. The molecule has 1 aliphatic heterocycles. The number of aromatic nitrogens is 1. The molecule has 0 saturated carbocycles. The Morgan fingerprint density at radius 3 is 2.90 bits per heavy atom. The summed E-state index contributed by atoms with van der Waals surface area (Å²) in [5.74, 6) is -0.324. The van der Waals surface area contributed by atoms with Gasteiger partial charge in [0, 0.05) is 19.3 Å². The van der Waals surface area contributed by atoms with Crippen molar-refractivity contribution < 1.29 is 23.4 Å². The van der Waals surface area contributed by atoms with Crippen LogP contribution in [0.1, 0.15) is 24.3 Å². The average molecular weight is 302 g/mol. The van der Waals surface area contributed by atoms with Crippen molar-refractivity contribution in [2.24, 2.45) is 0 Å². The smallest absolute Gasteiger partial charge is 0.270 e. The molecule has 1 amide bonds. The zero-order valence-electron chi connectivity index (χ0n) is 12.1. The van der Waals surface area contributed by atoms with Crippen molar-refractivity contribution in [2.45, 2.75) is 38.5 Å². The number of carbonyl (C=O) groups excluding carboxylic acids is 1. The van der Waals surface area contributed by atoms with Crippen LogP contribution in [0.15, 0.2) is 18.3 Å². The van der Waals surface area contributed by atoms with Crippen molar-refractivity contribution in [2.75, 3.05) is 19.7 Å². The number of nitrogens with zero attached hydrogens (tertiary/aromatic N) is 2. The van der Waals surface area contributed by atoms with Gasteiger partial charge in [0.25, 0.3) is 12.3 Å². The third-order valence-corrected chi connectivity index (χ3v) is 3.36. The SMILES string of the molecule is CC1(C)CN(C(=O)c2cccn2CC(F)F)CC(CO)O1. The number of amides is 1. The van der Waals surface area contributed by atoms with Crippen LogP contribution in [0.5, 0.6) is 0 Å². The zero-order chi connectivity index (χ0) is 15.6. The number of carbonyl (C=O) groups is 1. The number of rotatable bonds is 4. The molecule has 0 spiro atoms. The summed E-state index contributed by atoms with van der Waals surface area (Å²) in [5.41, 5.74) is -0.355. The van der Waals surface area contributed by atoms with Gasteiger partial charge in [0.15, 0.2) is 0 Å². The highest BCUT2D eigenvalue weighted by Crippen LogP contribution is 2.22. The number of ether oxygens (including phenoxy) is 1. The predicted octanol–water partition coefficient (Wildman–Crippen LogP) is 1.37. The number of morpholine rings is 1. The van der Waals surface area contributed by atoms with Crippen molar-refractivity contribution in [3.63, 3.8) is 0 Å². The molecular weight excluding hydrogens is 282 g/mol. The van der Waals surface area contributed by atoms with Crippen LogP contribution in [0.3, 0.4) is 0 Å². The van der Waals surface area contributed by atoms with Gasteiger partial charge in [0.2, 0.25) is 0 Å². The lowest BCUT2D eigenvalue weighted by atomic mass is 10.0. The van der Waals surface area contributed by atoms with E-state index in [1.807, 2.05) is 13.8 Å². The summed E-state index contributed by atoms with van der Waals surface area (Å²) in [6.07, 6.45) is -1.51. The van der Waals surface area contributed by atoms with Crippen molar-refractivity contribution in [3.05, 3.63) is 24.0 Å². The quantitative estimate of drug-likeness (QED) is 0.914. The fraction of sp³-hybridized carbons (Fsp3) is 0.643. The van der Waals surface area contributed by atoms with Crippen LogP contribution in [-0.2, 0) is 11.3 Å². The molecule has 7 heteroatoms. The first-order chi connectivity index (χ1) is 9.82. The third-order valence-electron chi connectivity index (χ3n) is 3.36. The molecule has 0 aliphatic carbocycles. The number of aliphatic hydroxyl groups is 1. The Morgan fingerprint density at radius 2 is 2.29 bits per heavy atom. The highest BCUT2D eigenvalue weighted by atomic mass is 19.3. The highest BCUT2D eigenvalue weighted by Gasteiger charge is 2.36. The number of hydrogen-bond donors (Lipinski definition) is 1. The van der Waals surface area contributed by atoms with Crippen LogP contribution < -0.4 is 0 Å². The standard InChI is InChI=1S/C14H20F2N2O3/c1-14(2)9-18(6-10(8-19)21-14)13(20)11-4-3-5-17(11)7-12(15)16/h3-5,10,12,19H,6-9H2,1-2H3. The second-order valence-electron chi connectivity index (χ2n) is 5.80. The maximum Gasteiger partial charge on any atom is 0.270 e. The highest BCUT2D eigenvalue weighted by molar-refractivity contribution is 5.93. The van der Waals surface area contributed by atoms with Crippen LogP contribution in [0.2, 0.25) is 0 Å². The fourth-order valence-electron chi connectivity index (χ4n) is 2.62. The maximum atomic E-state index is 12.5. The van der Waals surface area contributed by atoms with Crippen LogP contribution in [0.25, 0.3) is 0 Å². The summed E-state index contributed by atoms with van der Waals surface area (Å²) in [7, 11) is 0. The second kappa shape index (κ2) is 6.11. The molecule has 2 rings (SSSR count). The van der Waals surface area contributed by atoms with Gasteiger partial charge in [-0.3, -0.25) is 4.79 Å². The van der Waals surface area contributed by atoms with E-state index < -0.39 is 24.7 Å². The number of aliphatic hydroxyl groups excluding tert-OH is 1. The summed E-state index contributed by atoms with van der Waals surface area (Å²) in [5, 5.41) is 9.26. The topological polar surface area (TPSA) is 54.7 Å². The summed E-state index contributed by atoms with van der Waals surface area (Å²) < 4.78 is 31.9. The molecule has 1 saturated heterocycles. The fourth-order valence-corrected chi connectivity index (χ4v) is 2.62. The van der Waals surface area contributed by atoms with Gasteiger partial charge in [0.1, 0.15) is 5.69 Å². The Hall–Kier alpha value is -1.47. The van der Waals surface area contributed by atoms with E-state index in [4.69, 9.17) is 4.74 Å². The lowest BCUT2D eigenvalue weighted by molar-refractivity contribution is -0.139. The first-order valence-electron chi connectivity index (χ1n) is 6.83. The van der Waals surface area contributed by atoms with Gasteiger partial charge in [-0.2, -0.15) is 0 Å². The molecule has 1 aromatic heterocycles. The first kappa shape index (κ1) is 15.9. The van der Waals surface area contributed by atoms with E-state index in [2.05, 4.69) is 0 Å². The molecule has 5 nitrogen and oxygen atoms in total. The van der Waals surface area contributed by atoms with Crippen LogP contribution in [0.4, 0.5) is 8.78 Å². The molecule has 21 heavy (non-hydrogen) atoms. The van der Waals surface area contributed by atoms with Gasteiger partial charge in [-0.05, 0) is 26.0 Å². The van der Waals surface area contributed by atoms with E-state index in [0.717, 1.165) is 0 Å². The molecule has 1 N–H and O–H groups in total. The largest absolute Gasteiger partial charge is 0.394 e. The molecule has 1 unspecified atom stereocenters. The monoisotopic (exact) mass is 302 g/mol. The van der Waals surface area contributed by atoms with E-state index >= 15 is 0 Å². The Bertz CT molecular complexity index is 502. The molecule has 1 aromatic rings. The summed E-state index contributed by atoms with van der Waals surface area (Å²) in [6.45, 7) is 3.55. The van der Waals surface area contributed by atoms with Gasteiger partial charge in [0.05, 0.1) is 24.9 Å². The van der Waals surface area contributed by atoms with E-state index in [1.54, 1.807) is 11.0 Å². The minimum absolute atomic E-state index is 0.189. The molecule has 1 aliphatic rings. The first-order valence-corrected chi connectivity index (χ1v) is 6.83. The molecule has 1 atom stereocenters. The van der Waals surface area contributed by atoms with Crippen LogP contribution in [-0.4, -0.2) is 58.3 Å². The molecular formula is C14H20F2N2O3. The lowest BCUT2D eigenvalue weighted by Gasteiger charge is -2.42. The molecule has 1 fully saturated rings. The van der Waals surface area contributed by atoms with Gasteiger partial charge >= 0.3 is 0 Å². The van der Waals surface area contributed by atoms with Crippen molar-refractivity contribution in [3.8, 4) is 0 Å². The Labute approximate surface area is 122 Å². The van der Waals surface area contributed by atoms with Gasteiger partial charge in [-0.25, -0.2) is 8.78 Å². The summed E-state index contributed by atoms with van der Waals surface area (Å²) in [6, 6.07) is 3.10. The van der Waals surface area contributed by atoms with Gasteiger partial charge in [-0.1, -0.05) is 0 Å². The van der Waals surface area contributed by atoms with Crippen LogP contribution >= 0.6 is 0 Å². The van der Waals surface area contributed by atoms with Gasteiger partial charge < -0.3 is 19.3 Å². The molecule has 0 radical (unpaired) electrons. The lowest BCUT2D eigenvalue weighted by Crippen LogP contribution is -2.55. The molecule has 0 bridgehead atoms. The number of alkyl halides is 2. The van der Waals surface area contributed by atoms with Crippen molar-refractivity contribution in [1.82, 2.24) is 9.47 Å². The van der Waals surface area contributed by atoms with E-state index in [9.17, 15) is 18.7 Å². The maximum absolute atomic E-state index is 12.5. The minimum atomic E-state index is -2.52. The molecule has 0 aromatic carbocycles. The number of halogens is 2. The minimum Gasteiger partial charge on any atom is -0.394 e. The summed E-state index contributed by atoms with van der Waals surface area (Å²) >= 11 is 0.